The average molecular weight is 288 g/mol. The van der Waals surface area contributed by atoms with Crippen molar-refractivity contribution in [1.82, 2.24) is 9.78 Å². The van der Waals surface area contributed by atoms with Crippen LogP contribution in [0, 0.1) is 0 Å². The third kappa shape index (κ3) is 4.79. The van der Waals surface area contributed by atoms with Gasteiger partial charge in [-0.2, -0.15) is 5.10 Å². The first-order valence-electron chi connectivity index (χ1n) is 7.35. The predicted molar refractivity (Wildman–Crippen MR) is 86.7 cm³/mol. The van der Waals surface area contributed by atoms with Crippen LogP contribution in [0.25, 0.3) is 0 Å². The van der Waals surface area contributed by atoms with Crippen LogP contribution in [0.1, 0.15) is 13.3 Å². The van der Waals surface area contributed by atoms with Gasteiger partial charge in [-0.3, -0.25) is 4.68 Å². The van der Waals surface area contributed by atoms with Gasteiger partial charge in [0.15, 0.2) is 0 Å². The molecule has 1 heterocycles. The highest BCUT2D eigenvalue weighted by atomic mass is 16.3. The summed E-state index contributed by atoms with van der Waals surface area (Å²) in [5.74, 6) is 0. The van der Waals surface area contributed by atoms with Crippen LogP contribution in [-0.2, 0) is 6.54 Å². The Kier molecular flexibility index (Phi) is 5.63. The SMILES string of the molecule is CC(CCn1cccn1)Nc1ccc(N(C)CCO)cc1. The molecule has 1 unspecified atom stereocenters. The van der Waals surface area contributed by atoms with E-state index in [9.17, 15) is 0 Å². The zero-order valence-electron chi connectivity index (χ0n) is 12.7. The van der Waals surface area contributed by atoms with E-state index in [1.807, 2.05) is 28.9 Å². The molecule has 2 rings (SSSR count). The van der Waals surface area contributed by atoms with E-state index in [1.54, 1.807) is 6.20 Å². The number of benzene rings is 1. The molecule has 0 radical (unpaired) electrons. The van der Waals surface area contributed by atoms with E-state index in [0.29, 0.717) is 12.6 Å². The third-order valence-corrected chi connectivity index (χ3v) is 3.51. The van der Waals surface area contributed by atoms with Gasteiger partial charge in [-0.15, -0.1) is 0 Å². The van der Waals surface area contributed by atoms with E-state index in [4.69, 9.17) is 5.11 Å². The molecule has 2 N–H and O–H groups in total. The lowest BCUT2D eigenvalue weighted by atomic mass is 10.2. The maximum absolute atomic E-state index is 8.95. The first-order chi connectivity index (χ1) is 10.2. The third-order valence-electron chi connectivity index (χ3n) is 3.51. The average Bonchev–Trinajstić information content (AvgIpc) is 2.99. The van der Waals surface area contributed by atoms with E-state index in [1.165, 1.54) is 0 Å². The van der Waals surface area contributed by atoms with Crippen LogP contribution in [0.5, 0.6) is 0 Å². The van der Waals surface area contributed by atoms with Gasteiger partial charge in [0.05, 0.1) is 6.61 Å². The van der Waals surface area contributed by atoms with Crippen molar-refractivity contribution < 1.29 is 5.11 Å². The zero-order chi connectivity index (χ0) is 15.1. The number of aryl methyl sites for hydroxylation is 1. The summed E-state index contributed by atoms with van der Waals surface area (Å²) in [5, 5.41) is 16.6. The topological polar surface area (TPSA) is 53.3 Å². The molecule has 1 aromatic carbocycles. The van der Waals surface area contributed by atoms with Gasteiger partial charge in [-0.05, 0) is 43.7 Å². The quantitative estimate of drug-likeness (QED) is 0.782. The molecule has 0 aliphatic heterocycles. The van der Waals surface area contributed by atoms with Crippen LogP contribution >= 0.6 is 0 Å². The van der Waals surface area contributed by atoms with E-state index < -0.39 is 0 Å². The molecule has 5 nitrogen and oxygen atoms in total. The number of nitrogens with one attached hydrogen (secondary N) is 1. The molecule has 5 heteroatoms. The lowest BCUT2D eigenvalue weighted by Crippen LogP contribution is -2.21. The molecule has 0 fully saturated rings. The summed E-state index contributed by atoms with van der Waals surface area (Å²) in [6, 6.07) is 10.6. The monoisotopic (exact) mass is 288 g/mol. The van der Waals surface area contributed by atoms with Crippen molar-refractivity contribution in [1.29, 1.82) is 0 Å². The molecule has 0 amide bonds. The van der Waals surface area contributed by atoms with Crippen molar-refractivity contribution in [2.45, 2.75) is 25.9 Å². The Balaban J connectivity index is 1.82. The number of likely N-dealkylation sites (N-methyl/N-ethyl adjacent to an activating group) is 1. The number of anilines is 2. The van der Waals surface area contributed by atoms with Gasteiger partial charge in [0.1, 0.15) is 0 Å². The second-order valence-corrected chi connectivity index (χ2v) is 5.30. The van der Waals surface area contributed by atoms with Gasteiger partial charge in [-0.1, -0.05) is 0 Å². The largest absolute Gasteiger partial charge is 0.395 e. The van der Waals surface area contributed by atoms with Crippen LogP contribution in [0.15, 0.2) is 42.7 Å². The Labute approximate surface area is 126 Å². The number of aromatic nitrogens is 2. The summed E-state index contributed by atoms with van der Waals surface area (Å²) in [7, 11) is 1.98. The van der Waals surface area contributed by atoms with Crippen LogP contribution in [0.2, 0.25) is 0 Å². The summed E-state index contributed by atoms with van der Waals surface area (Å²) >= 11 is 0. The summed E-state index contributed by atoms with van der Waals surface area (Å²) < 4.78 is 1.95. The fraction of sp³-hybridized carbons (Fsp3) is 0.438. The second-order valence-electron chi connectivity index (χ2n) is 5.30. The number of aliphatic hydroxyl groups is 1. The molecular weight excluding hydrogens is 264 g/mol. The fourth-order valence-corrected chi connectivity index (χ4v) is 2.21. The zero-order valence-corrected chi connectivity index (χ0v) is 12.7. The highest BCUT2D eigenvalue weighted by Crippen LogP contribution is 2.17. The van der Waals surface area contributed by atoms with Crippen molar-refractivity contribution in [2.24, 2.45) is 0 Å². The number of hydrogen-bond acceptors (Lipinski definition) is 4. The molecule has 0 spiro atoms. The van der Waals surface area contributed by atoms with Crippen molar-refractivity contribution in [2.75, 3.05) is 30.4 Å². The number of rotatable bonds is 8. The number of aliphatic hydroxyl groups excluding tert-OH is 1. The smallest absolute Gasteiger partial charge is 0.0606 e. The van der Waals surface area contributed by atoms with E-state index in [2.05, 4.69) is 41.6 Å². The standard InChI is InChI=1S/C16H24N4O/c1-14(8-11-20-10-3-9-17-20)18-15-4-6-16(7-5-15)19(2)12-13-21/h3-7,9-10,14,18,21H,8,11-13H2,1-2H3. The first-order valence-corrected chi connectivity index (χ1v) is 7.35. The lowest BCUT2D eigenvalue weighted by Gasteiger charge is -2.19. The fourth-order valence-electron chi connectivity index (χ4n) is 2.21. The Morgan fingerprint density at radius 1 is 1.33 bits per heavy atom. The Morgan fingerprint density at radius 2 is 2.10 bits per heavy atom. The van der Waals surface area contributed by atoms with Gasteiger partial charge in [0.2, 0.25) is 0 Å². The molecule has 1 aromatic heterocycles. The van der Waals surface area contributed by atoms with Crippen molar-refractivity contribution in [3.05, 3.63) is 42.7 Å². The van der Waals surface area contributed by atoms with E-state index >= 15 is 0 Å². The van der Waals surface area contributed by atoms with E-state index in [0.717, 1.165) is 24.3 Å². The highest BCUT2D eigenvalue weighted by molar-refractivity contribution is 5.55. The predicted octanol–water partition coefficient (Wildman–Crippen LogP) is 2.20. The number of hydrogen-bond donors (Lipinski definition) is 2. The second kappa shape index (κ2) is 7.69. The van der Waals surface area contributed by atoms with Gasteiger partial charge in [-0.25, -0.2) is 0 Å². The van der Waals surface area contributed by atoms with E-state index in [-0.39, 0.29) is 6.61 Å². The first kappa shape index (κ1) is 15.4. The lowest BCUT2D eigenvalue weighted by molar-refractivity contribution is 0.304. The minimum atomic E-state index is 0.168. The van der Waals surface area contributed by atoms with Crippen molar-refractivity contribution >= 4 is 11.4 Å². The molecule has 2 aromatic rings. The Hall–Kier alpha value is -2.01. The molecule has 1 atom stereocenters. The van der Waals surface area contributed by atoms with Crippen LogP contribution in [0.3, 0.4) is 0 Å². The van der Waals surface area contributed by atoms with Gasteiger partial charge < -0.3 is 15.3 Å². The summed E-state index contributed by atoms with van der Waals surface area (Å²) in [6.45, 7) is 3.90. The van der Waals surface area contributed by atoms with Crippen LogP contribution < -0.4 is 10.2 Å². The molecular formula is C16H24N4O. The van der Waals surface area contributed by atoms with Crippen LogP contribution in [-0.4, -0.2) is 41.1 Å². The Bertz CT molecular complexity index is 510. The summed E-state index contributed by atoms with van der Waals surface area (Å²) in [6.07, 6.45) is 4.81. The normalized spacial score (nSPS) is 12.1. The maximum Gasteiger partial charge on any atom is 0.0606 e. The molecule has 114 valence electrons. The molecule has 0 saturated carbocycles. The van der Waals surface area contributed by atoms with Gasteiger partial charge in [0, 0.05) is 49.9 Å². The number of nitrogens with zero attached hydrogens (tertiary/aromatic N) is 3. The highest BCUT2D eigenvalue weighted by Gasteiger charge is 2.04. The van der Waals surface area contributed by atoms with Gasteiger partial charge in [0.25, 0.3) is 0 Å². The molecule has 0 aliphatic carbocycles. The molecule has 0 saturated heterocycles. The molecule has 0 bridgehead atoms. The molecule has 21 heavy (non-hydrogen) atoms. The minimum Gasteiger partial charge on any atom is -0.395 e. The maximum atomic E-state index is 8.95. The summed E-state index contributed by atoms with van der Waals surface area (Å²) in [4.78, 5) is 2.03. The Morgan fingerprint density at radius 3 is 2.71 bits per heavy atom. The van der Waals surface area contributed by atoms with Gasteiger partial charge >= 0.3 is 0 Å². The summed E-state index contributed by atoms with van der Waals surface area (Å²) in [5.41, 5.74) is 2.22. The van der Waals surface area contributed by atoms with Crippen LogP contribution in [0.4, 0.5) is 11.4 Å². The minimum absolute atomic E-state index is 0.168. The van der Waals surface area contributed by atoms with Crippen molar-refractivity contribution in [3.8, 4) is 0 Å². The van der Waals surface area contributed by atoms with Crippen molar-refractivity contribution in [3.63, 3.8) is 0 Å². The molecule has 0 aliphatic rings.